The van der Waals surface area contributed by atoms with Crippen molar-refractivity contribution in [2.45, 2.75) is 345 Å². The summed E-state index contributed by atoms with van der Waals surface area (Å²) in [6.07, 6.45) is 33.8. The summed E-state index contributed by atoms with van der Waals surface area (Å²) >= 11 is 7.85. The second-order valence-electron chi connectivity index (χ2n) is 49.4. The van der Waals surface area contributed by atoms with Crippen molar-refractivity contribution in [3.8, 4) is 46.0 Å². The highest BCUT2D eigenvalue weighted by molar-refractivity contribution is 8.01. The average molecular weight is 1790 g/mol. The van der Waals surface area contributed by atoms with Gasteiger partial charge in [0.1, 0.15) is 98.9 Å². The van der Waals surface area contributed by atoms with E-state index < -0.39 is 0 Å². The van der Waals surface area contributed by atoms with Gasteiger partial charge in [0, 0.05) is 25.7 Å². The van der Waals surface area contributed by atoms with Gasteiger partial charge in [0.15, 0.2) is 0 Å². The highest BCUT2D eigenvalue weighted by Crippen LogP contribution is 2.69. The van der Waals surface area contributed by atoms with Gasteiger partial charge >= 0.3 is 0 Å². The summed E-state index contributed by atoms with van der Waals surface area (Å²) < 4.78 is 64.7. The van der Waals surface area contributed by atoms with E-state index in [1.165, 1.54) is 238 Å². The van der Waals surface area contributed by atoms with Crippen molar-refractivity contribution in [2.24, 2.45) is 71.0 Å². The zero-order chi connectivity index (χ0) is 86.7. The van der Waals surface area contributed by atoms with Crippen LogP contribution in [0.2, 0.25) is 0 Å². The fraction of sp³-hybridized carbons (Fsp3) is 0.586. The summed E-state index contributed by atoms with van der Waals surface area (Å²) in [5.74, 6) is 16.4. The quantitative estimate of drug-likeness (QED) is 0.168. The monoisotopic (exact) mass is 1780 g/mol. The standard InChI is InChI=1S/C116H136O8S4/c1-109(2,3)85-37-77-33-79-39-86(110(4,5)6)41-81-35-83-43-88(112(10,11)12)44-84-36-82-42-87(111(7,8)9)40-80-34-78(38-85)101(77)117-13-17-121-105-93-45-89(113-53-65-21-66(54-113)23-67(22-65)55-113)46-94(105)126-96-48-91(115-59-71-27-72(60-115)29-73(28-71)61-115)50-98(107(96)123-19-15-119-103(80)82)128-100-52-92(116-62-74-30-75(63-116)32-76(31-74)64-116)51-99(108(100)124-20-16-120-104(83)84)127-97-49-90(47-95(125-93)106(97)122-18-14-118-102(79)81)114-56-68-24-69(57-114)26-70(25-68)58-114/h37-52,65-76H,13-36,53-64H2,1-12H3. The van der Waals surface area contributed by atoms with Crippen LogP contribution in [0.15, 0.2) is 136 Å². The van der Waals surface area contributed by atoms with Crippen molar-refractivity contribution < 1.29 is 37.9 Å². The molecule has 0 radical (unpaired) electrons. The van der Waals surface area contributed by atoms with E-state index in [0.717, 1.165) is 162 Å². The van der Waals surface area contributed by atoms with Crippen molar-refractivity contribution in [1.82, 2.24) is 0 Å². The van der Waals surface area contributed by atoms with Gasteiger partial charge in [-0.1, -0.05) is 179 Å². The Hall–Kier alpha value is -6.44. The molecule has 8 aromatic carbocycles. The molecule has 0 saturated heterocycles. The lowest BCUT2D eigenvalue weighted by atomic mass is 9.48. The van der Waals surface area contributed by atoms with E-state index in [0.29, 0.717) is 78.5 Å². The van der Waals surface area contributed by atoms with Gasteiger partial charge < -0.3 is 37.9 Å². The molecule has 30 rings (SSSR count). The molecule has 5 aliphatic heterocycles. The molecule has 17 aliphatic carbocycles. The summed E-state index contributed by atoms with van der Waals surface area (Å²) in [4.78, 5) is 9.45. The average Bonchev–Trinajstić information content (AvgIpc) is 0.730. The molecule has 0 aromatic heterocycles. The molecule has 0 N–H and O–H groups in total. The third-order valence-corrected chi connectivity index (χ3v) is 40.0. The van der Waals surface area contributed by atoms with Crippen LogP contribution < -0.4 is 37.9 Å². The Bertz CT molecular complexity index is 4820. The Morgan fingerprint density at radius 2 is 0.328 bits per heavy atom. The number of fused-ring (bicyclic) bond motifs is 12. The van der Waals surface area contributed by atoms with E-state index in [2.05, 4.69) is 180 Å². The smallest absolute Gasteiger partial charge is 0.147 e. The lowest BCUT2D eigenvalue weighted by Gasteiger charge is -2.57. The van der Waals surface area contributed by atoms with Crippen LogP contribution in [-0.4, -0.2) is 52.9 Å². The number of hydrogen-bond donors (Lipinski definition) is 0. The molecule has 128 heavy (non-hydrogen) atoms. The summed E-state index contributed by atoms with van der Waals surface area (Å²) in [6, 6.07) is 41.7. The highest BCUT2D eigenvalue weighted by Gasteiger charge is 2.57. The molecular formula is C116H136O8S4. The van der Waals surface area contributed by atoms with Gasteiger partial charge in [-0.3, -0.25) is 0 Å². The molecule has 16 fully saturated rings. The lowest BCUT2D eigenvalue weighted by molar-refractivity contribution is -0.00554. The maximum absolute atomic E-state index is 8.18. The van der Waals surface area contributed by atoms with Gasteiger partial charge in [-0.2, -0.15) is 0 Å². The molecule has 672 valence electrons. The summed E-state index contributed by atoms with van der Waals surface area (Å²) in [6.45, 7) is 31.2. The SMILES string of the molecule is CC(C)(C)c1cc2c3c(c1)Cc1cc(C(C)(C)C)cc4c1OCCOc1c5cc(C67CC8CC(CC(C8)C6)C7)cc1Sc1cc(C67CC8CC(CC(C8)C6)C7)cc6c1OCCOc1c(cc(C(C)(C)C)cc1C4)Cc1cc(C(C)(C)C)cc(c1OCCOc1c(cc(C47CC8CC(CC(C8)C4)C7)cc1S6)Sc1cc(C46CC7CC(CC(C7)C4)C6)cc(c1OCCO3)S5)C2. The van der Waals surface area contributed by atoms with Crippen LogP contribution in [-0.2, 0) is 69.0 Å². The van der Waals surface area contributed by atoms with Crippen LogP contribution in [0.5, 0.6) is 46.0 Å². The minimum atomic E-state index is -0.231. The lowest BCUT2D eigenvalue weighted by Crippen LogP contribution is -2.48. The molecule has 0 unspecified atom stereocenters. The number of hydrogen-bond acceptors (Lipinski definition) is 12. The van der Waals surface area contributed by atoms with Crippen LogP contribution in [0.4, 0.5) is 0 Å². The first-order chi connectivity index (χ1) is 61.4. The second-order valence-corrected chi connectivity index (χ2v) is 53.7. The molecule has 12 heteroatoms. The Kier molecular flexibility index (Phi) is 19.9. The van der Waals surface area contributed by atoms with Crippen molar-refractivity contribution in [2.75, 3.05) is 52.9 Å². The predicted molar refractivity (Wildman–Crippen MR) is 517 cm³/mol. The number of rotatable bonds is 4. The minimum absolute atomic E-state index is 0.0520. The van der Waals surface area contributed by atoms with Crippen molar-refractivity contribution in [3.63, 3.8) is 0 Å². The van der Waals surface area contributed by atoms with Crippen LogP contribution in [0.3, 0.4) is 0 Å². The van der Waals surface area contributed by atoms with Crippen molar-refractivity contribution in [3.05, 3.63) is 186 Å². The molecule has 16 saturated carbocycles. The zero-order valence-electron chi connectivity index (χ0n) is 78.5. The topological polar surface area (TPSA) is 73.8 Å². The fourth-order valence-electron chi connectivity index (χ4n) is 31.5. The van der Waals surface area contributed by atoms with E-state index in [9.17, 15) is 0 Å². The first-order valence-electron chi connectivity index (χ1n) is 50.6. The van der Waals surface area contributed by atoms with Crippen LogP contribution in [0.1, 0.15) is 326 Å². The molecular weight excluding hydrogens is 1650 g/mol. The zero-order valence-corrected chi connectivity index (χ0v) is 81.8. The van der Waals surface area contributed by atoms with E-state index in [1.54, 1.807) is 0 Å². The van der Waals surface area contributed by atoms with Crippen LogP contribution >= 0.6 is 47.0 Å². The van der Waals surface area contributed by atoms with E-state index in [1.807, 2.05) is 47.0 Å². The van der Waals surface area contributed by atoms with Crippen LogP contribution in [0.25, 0.3) is 0 Å². The summed E-state index contributed by atoms with van der Waals surface area (Å²) in [7, 11) is 0. The molecule has 40 bridgehead atoms. The van der Waals surface area contributed by atoms with Gasteiger partial charge in [-0.05, 0) is 406 Å². The third kappa shape index (κ3) is 14.7. The van der Waals surface area contributed by atoms with Crippen molar-refractivity contribution in [1.29, 1.82) is 0 Å². The molecule has 0 atom stereocenters. The van der Waals surface area contributed by atoms with Gasteiger partial charge in [0.2, 0.25) is 0 Å². The van der Waals surface area contributed by atoms with Gasteiger partial charge in [0.05, 0.1) is 39.2 Å². The second kappa shape index (κ2) is 30.5. The van der Waals surface area contributed by atoms with Gasteiger partial charge in [-0.15, -0.1) is 0 Å². The third-order valence-electron chi connectivity index (χ3n) is 35.8. The fourth-order valence-corrected chi connectivity index (χ4v) is 36.3. The molecule has 22 aliphatic rings. The Morgan fingerprint density at radius 3 is 0.461 bits per heavy atom. The van der Waals surface area contributed by atoms with Crippen LogP contribution in [0, 0.1) is 71.0 Å². The maximum atomic E-state index is 8.18. The molecule has 5 heterocycles. The predicted octanol–water partition coefficient (Wildman–Crippen LogP) is 29.1. The Morgan fingerprint density at radius 1 is 0.195 bits per heavy atom. The maximum Gasteiger partial charge on any atom is 0.147 e. The first-order valence-corrected chi connectivity index (χ1v) is 53.8. The first kappa shape index (κ1) is 83.4. The Labute approximate surface area is 780 Å². The van der Waals surface area contributed by atoms with Gasteiger partial charge in [-0.25, -0.2) is 0 Å². The highest BCUT2D eigenvalue weighted by atomic mass is 32.2. The van der Waals surface area contributed by atoms with E-state index >= 15 is 0 Å². The van der Waals surface area contributed by atoms with E-state index in [4.69, 9.17) is 37.9 Å². The van der Waals surface area contributed by atoms with Gasteiger partial charge in [0.25, 0.3) is 0 Å². The Balaban J connectivity index is 0.807. The summed E-state index contributed by atoms with van der Waals surface area (Å²) in [5.41, 5.74) is 19.5. The minimum Gasteiger partial charge on any atom is -0.489 e. The number of benzene rings is 8. The molecule has 8 aromatic rings. The van der Waals surface area contributed by atoms with E-state index in [-0.39, 0.29) is 43.3 Å². The molecule has 0 spiro atoms. The largest absolute Gasteiger partial charge is 0.489 e. The summed E-state index contributed by atoms with van der Waals surface area (Å²) in [5, 5.41) is 0. The normalized spacial score (nSPS) is 31.9. The molecule has 8 nitrogen and oxygen atoms in total. The number of ether oxygens (including phenoxy) is 8. The van der Waals surface area contributed by atoms with Crippen molar-refractivity contribution >= 4 is 47.0 Å². The molecule has 0 amide bonds.